The Hall–Kier alpha value is -3.90. The molecule has 6 nitrogen and oxygen atoms in total. The van der Waals surface area contributed by atoms with Crippen LogP contribution in [0.15, 0.2) is 88.9 Å². The number of esters is 2. The summed E-state index contributed by atoms with van der Waals surface area (Å²) in [5.41, 5.74) is 5.59. The van der Waals surface area contributed by atoms with Crippen molar-refractivity contribution >= 4 is 17.5 Å². The quantitative estimate of drug-likeness (QED) is 0.162. The van der Waals surface area contributed by atoms with E-state index in [0.29, 0.717) is 17.3 Å². The summed E-state index contributed by atoms with van der Waals surface area (Å²) >= 11 is 0. The van der Waals surface area contributed by atoms with E-state index in [1.807, 2.05) is 30.3 Å². The van der Waals surface area contributed by atoms with Crippen molar-refractivity contribution in [1.82, 2.24) is 0 Å². The Morgan fingerprint density at radius 3 is 2.48 bits per heavy atom. The Bertz CT molecular complexity index is 1760. The van der Waals surface area contributed by atoms with Crippen LogP contribution in [0, 0.1) is 35.0 Å². The summed E-state index contributed by atoms with van der Waals surface area (Å²) in [4.78, 5) is 28.5. The van der Waals surface area contributed by atoms with E-state index < -0.39 is 5.41 Å². The van der Waals surface area contributed by atoms with Gasteiger partial charge in [0, 0.05) is 23.7 Å². The highest BCUT2D eigenvalue weighted by Crippen LogP contribution is 2.72. The molecule has 2 aromatic rings. The van der Waals surface area contributed by atoms with Crippen LogP contribution in [0.5, 0.6) is 5.75 Å². The Morgan fingerprint density at radius 2 is 1.72 bits per heavy atom. The number of aliphatic hydroxyl groups excluding tert-OH is 1. The van der Waals surface area contributed by atoms with Crippen LogP contribution < -0.4 is 0 Å². The van der Waals surface area contributed by atoms with Gasteiger partial charge in [0.2, 0.25) is 0 Å². The van der Waals surface area contributed by atoms with Crippen LogP contribution in [-0.2, 0) is 19.1 Å². The Balaban J connectivity index is 1.40. The lowest BCUT2D eigenvalue weighted by molar-refractivity contribution is -0.135. The fraction of sp³-hybridized carbons (Fsp3) is 0.500. The predicted molar refractivity (Wildman–Crippen MR) is 195 cm³/mol. The van der Waals surface area contributed by atoms with Gasteiger partial charge in [0.05, 0.1) is 11.0 Å². The number of rotatable bonds is 13. The molecule has 8 rings (SSSR count). The number of carbonyl (C=O) groups is 2. The third-order valence-corrected chi connectivity index (χ3v) is 12.2. The number of fused-ring (bicyclic) bond motifs is 1. The zero-order chi connectivity index (χ0) is 35.0. The number of aliphatic hydroxyl groups is 1. The summed E-state index contributed by atoms with van der Waals surface area (Å²) in [5.74, 6) is 1.81. The maximum atomic E-state index is 14.5. The molecule has 5 unspecified atom stereocenters. The summed E-state index contributed by atoms with van der Waals surface area (Å²) in [6.45, 7) is 6.91. The van der Waals surface area contributed by atoms with Crippen molar-refractivity contribution in [3.8, 4) is 16.9 Å². The number of aromatic hydroxyl groups is 1. The van der Waals surface area contributed by atoms with Gasteiger partial charge in [0.15, 0.2) is 0 Å². The molecular weight excluding hydrogens is 624 g/mol. The molecule has 6 aliphatic rings. The molecule has 50 heavy (non-hydrogen) atoms. The van der Waals surface area contributed by atoms with Crippen molar-refractivity contribution in [2.45, 2.75) is 97.8 Å². The van der Waals surface area contributed by atoms with Crippen molar-refractivity contribution < 1.29 is 29.3 Å². The first-order valence-corrected chi connectivity index (χ1v) is 19.1. The normalized spacial score (nSPS) is 27.6. The molecule has 0 amide bonds. The van der Waals surface area contributed by atoms with Gasteiger partial charge >= 0.3 is 11.9 Å². The molecule has 4 aliphatic carbocycles. The number of allylic oxidation sites excluding steroid dienone is 5. The fourth-order valence-electron chi connectivity index (χ4n) is 9.85. The van der Waals surface area contributed by atoms with Gasteiger partial charge in [0.25, 0.3) is 0 Å². The Morgan fingerprint density at radius 1 is 0.920 bits per heavy atom. The van der Waals surface area contributed by atoms with Crippen molar-refractivity contribution in [2.75, 3.05) is 6.61 Å². The molecule has 1 spiro atoms. The van der Waals surface area contributed by atoms with Crippen molar-refractivity contribution in [1.29, 1.82) is 0 Å². The standard InChI is InChI=1S/C44H52O6/c1-4-28(17-16-27(2)3)25-37-44-23-22-32(33-20-21-34-36(15-11-6-5-7-12-24-45)49-42(47)39(34)40(33)44)38(41(44)43(48)50-37)35-26-30(46)18-19-31(35)29-13-9-8-10-14-29/h8-10,13-15,18-19,25-28,32-33,40,45-46H,4-7,11-12,16-17,20-24H2,1-3H3. The van der Waals surface area contributed by atoms with Crippen LogP contribution in [0.1, 0.15) is 103 Å². The monoisotopic (exact) mass is 676 g/mol. The number of hydrogen-bond donors (Lipinski definition) is 2. The molecule has 1 saturated heterocycles. The highest BCUT2D eigenvalue weighted by atomic mass is 16.5. The smallest absolute Gasteiger partial charge is 0.340 e. The second-order valence-corrected chi connectivity index (χ2v) is 15.5. The zero-order valence-electron chi connectivity index (χ0n) is 29.9. The molecule has 264 valence electrons. The topological polar surface area (TPSA) is 93.1 Å². The first-order chi connectivity index (χ1) is 24.3. The molecule has 2 fully saturated rings. The third-order valence-electron chi connectivity index (χ3n) is 12.2. The summed E-state index contributed by atoms with van der Waals surface area (Å²) in [6.07, 6.45) is 15.3. The molecule has 2 N–H and O–H groups in total. The summed E-state index contributed by atoms with van der Waals surface area (Å²) in [7, 11) is 0. The first-order valence-electron chi connectivity index (χ1n) is 19.1. The lowest BCUT2D eigenvalue weighted by Crippen LogP contribution is -2.52. The minimum atomic E-state index is -0.768. The fourth-order valence-corrected chi connectivity index (χ4v) is 9.85. The average Bonchev–Trinajstić information content (AvgIpc) is 3.60. The van der Waals surface area contributed by atoms with Gasteiger partial charge in [-0.2, -0.15) is 0 Å². The zero-order valence-corrected chi connectivity index (χ0v) is 29.9. The molecule has 5 atom stereocenters. The number of phenols is 1. The SMILES string of the molecule is CCC(C=C1OC(=O)C2=C(c3cc(O)ccc3-c3ccccc3)C3CCC12C1C2=C(CCC31)C(=CCCCCCCO)OC2=O)CCC(C)C. The highest BCUT2D eigenvalue weighted by molar-refractivity contribution is 6.07. The molecule has 2 bridgehead atoms. The average molecular weight is 677 g/mol. The van der Waals surface area contributed by atoms with E-state index >= 15 is 0 Å². The molecule has 2 heterocycles. The summed E-state index contributed by atoms with van der Waals surface area (Å²) < 4.78 is 12.5. The summed E-state index contributed by atoms with van der Waals surface area (Å²) in [6, 6.07) is 15.7. The van der Waals surface area contributed by atoms with Crippen molar-refractivity contribution in [3.63, 3.8) is 0 Å². The largest absolute Gasteiger partial charge is 0.508 e. The van der Waals surface area contributed by atoms with Gasteiger partial charge in [-0.3, -0.25) is 0 Å². The van der Waals surface area contributed by atoms with E-state index in [9.17, 15) is 14.7 Å². The van der Waals surface area contributed by atoms with Crippen LogP contribution in [0.25, 0.3) is 16.7 Å². The molecular formula is C44H52O6. The Labute approximate surface area is 297 Å². The maximum Gasteiger partial charge on any atom is 0.340 e. The Kier molecular flexibility index (Phi) is 9.93. The van der Waals surface area contributed by atoms with Crippen LogP contribution in [0.4, 0.5) is 0 Å². The van der Waals surface area contributed by atoms with Crippen LogP contribution in [-0.4, -0.2) is 28.8 Å². The number of hydrogen-bond acceptors (Lipinski definition) is 6. The van der Waals surface area contributed by atoms with Crippen LogP contribution in [0.3, 0.4) is 0 Å². The number of carbonyl (C=O) groups excluding carboxylic acids is 2. The lowest BCUT2D eigenvalue weighted by atomic mass is 9.44. The molecule has 2 aromatic carbocycles. The first kappa shape index (κ1) is 34.5. The lowest BCUT2D eigenvalue weighted by Gasteiger charge is -2.56. The van der Waals surface area contributed by atoms with E-state index in [0.717, 1.165) is 116 Å². The van der Waals surface area contributed by atoms with Crippen LogP contribution in [0.2, 0.25) is 0 Å². The minimum Gasteiger partial charge on any atom is -0.508 e. The highest BCUT2D eigenvalue weighted by Gasteiger charge is 2.68. The van der Waals surface area contributed by atoms with Crippen LogP contribution >= 0.6 is 0 Å². The van der Waals surface area contributed by atoms with Crippen molar-refractivity contribution in [2.24, 2.45) is 35.0 Å². The predicted octanol–water partition coefficient (Wildman–Crippen LogP) is 9.83. The van der Waals surface area contributed by atoms with E-state index in [4.69, 9.17) is 14.6 Å². The van der Waals surface area contributed by atoms with Crippen molar-refractivity contribution in [3.05, 3.63) is 94.5 Å². The molecule has 0 radical (unpaired) electrons. The number of cyclic esters (lactones) is 2. The third kappa shape index (κ3) is 5.97. The molecule has 1 saturated carbocycles. The second-order valence-electron chi connectivity index (χ2n) is 15.5. The number of ether oxygens (including phenoxy) is 2. The molecule has 0 aromatic heterocycles. The van der Waals surface area contributed by atoms with Gasteiger partial charge in [-0.15, -0.1) is 0 Å². The number of benzene rings is 2. The van der Waals surface area contributed by atoms with Gasteiger partial charge in [-0.05, 0) is 128 Å². The number of phenolic OH excluding ortho intramolecular Hbond substituents is 1. The van der Waals surface area contributed by atoms with E-state index in [-0.39, 0.29) is 48.0 Å². The van der Waals surface area contributed by atoms with Gasteiger partial charge in [0.1, 0.15) is 17.3 Å². The molecule has 2 aliphatic heterocycles. The van der Waals surface area contributed by atoms with Gasteiger partial charge in [-0.1, -0.05) is 76.4 Å². The van der Waals surface area contributed by atoms with Gasteiger partial charge in [-0.25, -0.2) is 9.59 Å². The molecule has 6 heteroatoms. The van der Waals surface area contributed by atoms with E-state index in [1.54, 1.807) is 6.07 Å². The second kappa shape index (κ2) is 14.4. The van der Waals surface area contributed by atoms with E-state index in [2.05, 4.69) is 45.1 Å². The summed E-state index contributed by atoms with van der Waals surface area (Å²) in [5, 5.41) is 20.0. The maximum absolute atomic E-state index is 14.5. The van der Waals surface area contributed by atoms with E-state index in [1.165, 1.54) is 0 Å². The number of unbranched alkanes of at least 4 members (excludes halogenated alkanes) is 4. The minimum absolute atomic E-state index is 0.0392. The van der Waals surface area contributed by atoms with Gasteiger partial charge < -0.3 is 19.7 Å².